The SMILES string of the molecule is O=C(CCOc1ccccc1)Nc1ccc(I)cc1C(=O)O. The summed E-state index contributed by atoms with van der Waals surface area (Å²) in [6.07, 6.45) is 0.139. The van der Waals surface area contributed by atoms with E-state index in [2.05, 4.69) is 5.32 Å². The van der Waals surface area contributed by atoms with Crippen LogP contribution >= 0.6 is 22.6 Å². The van der Waals surface area contributed by atoms with Gasteiger partial charge in [0.25, 0.3) is 0 Å². The summed E-state index contributed by atoms with van der Waals surface area (Å²) in [7, 11) is 0. The van der Waals surface area contributed by atoms with Gasteiger partial charge in [-0.3, -0.25) is 4.79 Å². The van der Waals surface area contributed by atoms with Gasteiger partial charge in [-0.1, -0.05) is 18.2 Å². The van der Waals surface area contributed by atoms with Crippen molar-refractivity contribution in [1.82, 2.24) is 0 Å². The first-order valence-electron chi connectivity index (χ1n) is 6.57. The molecular formula is C16H14INO4. The van der Waals surface area contributed by atoms with Crippen LogP contribution in [0.4, 0.5) is 5.69 Å². The molecule has 0 unspecified atom stereocenters. The molecule has 0 spiro atoms. The molecule has 0 fully saturated rings. The first-order chi connectivity index (χ1) is 10.6. The molecule has 2 N–H and O–H groups in total. The highest BCUT2D eigenvalue weighted by Gasteiger charge is 2.13. The molecule has 6 heteroatoms. The Balaban J connectivity index is 1.91. The van der Waals surface area contributed by atoms with Gasteiger partial charge in [0.05, 0.1) is 24.3 Å². The van der Waals surface area contributed by atoms with Crippen LogP contribution in [0.25, 0.3) is 0 Å². The zero-order valence-corrected chi connectivity index (χ0v) is 13.7. The number of carboxylic acids is 1. The summed E-state index contributed by atoms with van der Waals surface area (Å²) in [5, 5.41) is 11.8. The van der Waals surface area contributed by atoms with Gasteiger partial charge in [-0.05, 0) is 52.9 Å². The van der Waals surface area contributed by atoms with E-state index in [1.54, 1.807) is 24.3 Å². The van der Waals surface area contributed by atoms with E-state index in [0.29, 0.717) is 5.75 Å². The van der Waals surface area contributed by atoms with Crippen LogP contribution in [0.5, 0.6) is 5.75 Å². The normalized spacial score (nSPS) is 10.0. The third kappa shape index (κ3) is 4.73. The maximum atomic E-state index is 11.9. The summed E-state index contributed by atoms with van der Waals surface area (Å²) in [5.41, 5.74) is 0.363. The van der Waals surface area contributed by atoms with Crippen molar-refractivity contribution in [3.05, 3.63) is 57.7 Å². The quantitative estimate of drug-likeness (QED) is 0.715. The van der Waals surface area contributed by atoms with Gasteiger partial charge in [0, 0.05) is 3.57 Å². The Hall–Kier alpha value is -2.09. The van der Waals surface area contributed by atoms with E-state index in [1.165, 1.54) is 6.07 Å². The Morgan fingerprint density at radius 2 is 1.86 bits per heavy atom. The Morgan fingerprint density at radius 1 is 1.14 bits per heavy atom. The summed E-state index contributed by atoms with van der Waals surface area (Å²) in [4.78, 5) is 23.1. The minimum atomic E-state index is -1.07. The Morgan fingerprint density at radius 3 is 2.55 bits per heavy atom. The molecule has 0 radical (unpaired) electrons. The highest BCUT2D eigenvalue weighted by molar-refractivity contribution is 14.1. The fourth-order valence-electron chi connectivity index (χ4n) is 1.79. The molecular weight excluding hydrogens is 397 g/mol. The number of ether oxygens (including phenoxy) is 1. The zero-order chi connectivity index (χ0) is 15.9. The van der Waals surface area contributed by atoms with Crippen LogP contribution in [0, 0.1) is 3.57 Å². The lowest BCUT2D eigenvalue weighted by molar-refractivity contribution is -0.116. The number of amides is 1. The molecule has 0 saturated heterocycles. The van der Waals surface area contributed by atoms with Crippen molar-refractivity contribution in [2.75, 3.05) is 11.9 Å². The zero-order valence-electron chi connectivity index (χ0n) is 11.6. The van der Waals surface area contributed by atoms with Gasteiger partial charge in [-0.15, -0.1) is 0 Å². The molecule has 114 valence electrons. The number of para-hydroxylation sites is 1. The lowest BCUT2D eigenvalue weighted by atomic mass is 10.2. The number of halogens is 1. The lowest BCUT2D eigenvalue weighted by Crippen LogP contribution is -2.17. The number of benzene rings is 2. The number of carboxylic acid groups (broad SMARTS) is 1. The molecule has 0 saturated carbocycles. The molecule has 22 heavy (non-hydrogen) atoms. The van der Waals surface area contributed by atoms with Gasteiger partial charge >= 0.3 is 5.97 Å². The lowest BCUT2D eigenvalue weighted by Gasteiger charge is -2.09. The number of aromatic carboxylic acids is 1. The first-order valence-corrected chi connectivity index (χ1v) is 7.64. The number of anilines is 1. The van der Waals surface area contributed by atoms with Crippen molar-refractivity contribution in [3.63, 3.8) is 0 Å². The van der Waals surface area contributed by atoms with Crippen LogP contribution in [-0.4, -0.2) is 23.6 Å². The Bertz CT molecular complexity index is 673. The third-order valence-corrected chi connectivity index (χ3v) is 3.50. The first kappa shape index (κ1) is 16.3. The second-order valence-corrected chi connectivity index (χ2v) is 5.70. The predicted molar refractivity (Wildman–Crippen MR) is 91.3 cm³/mol. The van der Waals surface area contributed by atoms with Gasteiger partial charge < -0.3 is 15.2 Å². The van der Waals surface area contributed by atoms with Crippen LogP contribution in [-0.2, 0) is 4.79 Å². The monoisotopic (exact) mass is 411 g/mol. The van der Waals surface area contributed by atoms with Crippen LogP contribution in [0.1, 0.15) is 16.8 Å². The number of hydrogen-bond acceptors (Lipinski definition) is 3. The minimum Gasteiger partial charge on any atom is -0.493 e. The van der Waals surface area contributed by atoms with Gasteiger partial charge in [0.2, 0.25) is 5.91 Å². The number of rotatable bonds is 6. The number of carbonyl (C=O) groups is 2. The summed E-state index contributed by atoms with van der Waals surface area (Å²) < 4.78 is 6.22. The van der Waals surface area contributed by atoms with Crippen molar-refractivity contribution in [1.29, 1.82) is 0 Å². The van der Waals surface area contributed by atoms with Crippen molar-refractivity contribution in [3.8, 4) is 5.75 Å². The maximum Gasteiger partial charge on any atom is 0.337 e. The van der Waals surface area contributed by atoms with E-state index in [-0.39, 0.29) is 30.2 Å². The van der Waals surface area contributed by atoms with E-state index < -0.39 is 5.97 Å². The molecule has 0 aliphatic rings. The second kappa shape index (κ2) is 7.79. The molecule has 0 aromatic heterocycles. The van der Waals surface area contributed by atoms with Crippen molar-refractivity contribution in [2.45, 2.75) is 6.42 Å². The fraction of sp³-hybridized carbons (Fsp3) is 0.125. The molecule has 2 rings (SSSR count). The largest absolute Gasteiger partial charge is 0.493 e. The van der Waals surface area contributed by atoms with E-state index in [4.69, 9.17) is 9.84 Å². The molecule has 0 aliphatic carbocycles. The smallest absolute Gasteiger partial charge is 0.337 e. The van der Waals surface area contributed by atoms with Gasteiger partial charge in [0.1, 0.15) is 5.75 Å². The van der Waals surface area contributed by atoms with Crippen molar-refractivity contribution < 1.29 is 19.4 Å². The van der Waals surface area contributed by atoms with Gasteiger partial charge in [0.15, 0.2) is 0 Å². The maximum absolute atomic E-state index is 11.9. The van der Waals surface area contributed by atoms with Crippen LogP contribution in [0.2, 0.25) is 0 Å². The molecule has 2 aromatic rings. The van der Waals surface area contributed by atoms with E-state index in [9.17, 15) is 9.59 Å². The summed E-state index contributed by atoms with van der Waals surface area (Å²) in [6.45, 7) is 0.225. The molecule has 0 atom stereocenters. The van der Waals surface area contributed by atoms with E-state index >= 15 is 0 Å². The highest BCUT2D eigenvalue weighted by Crippen LogP contribution is 2.19. The average molecular weight is 411 g/mol. The summed E-state index contributed by atoms with van der Waals surface area (Å²) >= 11 is 2.02. The van der Waals surface area contributed by atoms with E-state index in [0.717, 1.165) is 3.57 Å². The standard InChI is InChI=1S/C16H14INO4/c17-11-6-7-14(13(10-11)16(20)21)18-15(19)8-9-22-12-4-2-1-3-5-12/h1-7,10H,8-9H2,(H,18,19)(H,20,21). The molecule has 1 amide bonds. The molecule has 0 heterocycles. The topological polar surface area (TPSA) is 75.6 Å². The van der Waals surface area contributed by atoms with Crippen molar-refractivity contribution in [2.24, 2.45) is 0 Å². The van der Waals surface area contributed by atoms with Gasteiger partial charge in [-0.2, -0.15) is 0 Å². The van der Waals surface area contributed by atoms with Crippen LogP contribution in [0.15, 0.2) is 48.5 Å². The third-order valence-electron chi connectivity index (χ3n) is 2.83. The van der Waals surface area contributed by atoms with Crippen LogP contribution in [0.3, 0.4) is 0 Å². The molecule has 2 aromatic carbocycles. The van der Waals surface area contributed by atoms with Gasteiger partial charge in [-0.25, -0.2) is 4.79 Å². The number of carbonyl (C=O) groups excluding carboxylic acids is 1. The van der Waals surface area contributed by atoms with Crippen LogP contribution < -0.4 is 10.1 Å². The molecule has 0 aliphatic heterocycles. The molecule has 5 nitrogen and oxygen atoms in total. The average Bonchev–Trinajstić information content (AvgIpc) is 2.50. The Labute approximate surface area is 141 Å². The molecule has 0 bridgehead atoms. The predicted octanol–water partition coefficient (Wildman–Crippen LogP) is 3.40. The summed E-state index contributed by atoms with van der Waals surface area (Å²) in [6, 6.07) is 14.0. The van der Waals surface area contributed by atoms with E-state index in [1.807, 2.05) is 40.8 Å². The summed E-state index contributed by atoms with van der Waals surface area (Å²) in [5.74, 6) is -0.676. The highest BCUT2D eigenvalue weighted by atomic mass is 127. The number of nitrogens with one attached hydrogen (secondary N) is 1. The van der Waals surface area contributed by atoms with Crippen molar-refractivity contribution >= 4 is 40.2 Å². The Kier molecular flexibility index (Phi) is 5.76. The number of hydrogen-bond donors (Lipinski definition) is 2. The second-order valence-electron chi connectivity index (χ2n) is 4.45. The fourth-order valence-corrected chi connectivity index (χ4v) is 2.28. The minimum absolute atomic E-state index is 0.0734.